The summed E-state index contributed by atoms with van der Waals surface area (Å²) < 4.78 is 2.23. The lowest BCUT2D eigenvalue weighted by Gasteiger charge is -2.34. The van der Waals surface area contributed by atoms with E-state index in [0.29, 0.717) is 6.04 Å². The average Bonchev–Trinajstić information content (AvgIpc) is 3.02. The van der Waals surface area contributed by atoms with Gasteiger partial charge in [-0.05, 0) is 32.6 Å². The normalized spacial score (nSPS) is 21.6. The molecule has 20 heavy (non-hydrogen) atoms. The maximum atomic E-state index is 6.20. The van der Waals surface area contributed by atoms with Gasteiger partial charge in [-0.25, -0.2) is 4.98 Å². The van der Waals surface area contributed by atoms with Crippen molar-refractivity contribution in [2.24, 2.45) is 5.73 Å². The van der Waals surface area contributed by atoms with Crippen LogP contribution < -0.4 is 10.6 Å². The molecule has 2 N–H and O–H groups in total. The minimum absolute atomic E-state index is 0.216. The number of piperidine rings is 1. The largest absolute Gasteiger partial charge is 0.352 e. The van der Waals surface area contributed by atoms with Crippen LogP contribution >= 0.6 is 11.3 Å². The van der Waals surface area contributed by atoms with Gasteiger partial charge in [0, 0.05) is 36.6 Å². The third kappa shape index (κ3) is 2.44. The summed E-state index contributed by atoms with van der Waals surface area (Å²) in [6, 6.07) is 0.804. The molecule has 3 rings (SSSR count). The smallest absolute Gasteiger partial charge is 0.195 e. The van der Waals surface area contributed by atoms with Crippen molar-refractivity contribution in [2.45, 2.75) is 58.0 Å². The quantitative estimate of drug-likeness (QED) is 0.942. The molecule has 0 saturated carbocycles. The van der Waals surface area contributed by atoms with E-state index in [0.717, 1.165) is 24.3 Å². The number of nitrogens with two attached hydrogens (primary N) is 1. The minimum atomic E-state index is 0.216. The highest BCUT2D eigenvalue weighted by molar-refractivity contribution is 7.15. The van der Waals surface area contributed by atoms with Crippen molar-refractivity contribution < 1.29 is 0 Å². The van der Waals surface area contributed by atoms with E-state index in [9.17, 15) is 0 Å². The molecule has 1 aliphatic heterocycles. The summed E-state index contributed by atoms with van der Waals surface area (Å²) in [5, 5.41) is 2.10. The standard InChI is InChI=1S/C15H24N4S/c1-3-12(16)10-13-14(17-15-19(13)8-9-20-15)18-7-5-4-6-11(18)2/h8-9,11-12H,3-7,10,16H2,1-2H3. The minimum Gasteiger partial charge on any atom is -0.352 e. The summed E-state index contributed by atoms with van der Waals surface area (Å²) in [5.41, 5.74) is 7.50. The summed E-state index contributed by atoms with van der Waals surface area (Å²) >= 11 is 1.71. The number of thiazole rings is 1. The molecule has 2 unspecified atom stereocenters. The van der Waals surface area contributed by atoms with Crippen LogP contribution in [0.1, 0.15) is 45.2 Å². The van der Waals surface area contributed by atoms with E-state index in [1.807, 2.05) is 0 Å². The van der Waals surface area contributed by atoms with Crippen molar-refractivity contribution in [1.29, 1.82) is 0 Å². The summed E-state index contributed by atoms with van der Waals surface area (Å²) in [6.45, 7) is 5.59. The zero-order chi connectivity index (χ0) is 14.1. The van der Waals surface area contributed by atoms with E-state index in [4.69, 9.17) is 10.7 Å². The molecular formula is C15H24N4S. The summed E-state index contributed by atoms with van der Waals surface area (Å²) in [6.07, 6.45) is 7.92. The second-order valence-electron chi connectivity index (χ2n) is 5.85. The highest BCUT2D eigenvalue weighted by atomic mass is 32.1. The molecule has 3 heterocycles. The van der Waals surface area contributed by atoms with Crippen molar-refractivity contribution in [3.63, 3.8) is 0 Å². The molecule has 0 radical (unpaired) electrons. The van der Waals surface area contributed by atoms with E-state index in [2.05, 4.69) is 34.7 Å². The summed E-state index contributed by atoms with van der Waals surface area (Å²) in [7, 11) is 0. The van der Waals surface area contributed by atoms with Gasteiger partial charge in [-0.2, -0.15) is 0 Å². The second kappa shape index (κ2) is 5.74. The first-order chi connectivity index (χ1) is 9.70. The van der Waals surface area contributed by atoms with Gasteiger partial charge in [-0.1, -0.05) is 6.92 Å². The Balaban J connectivity index is 2.00. The highest BCUT2D eigenvalue weighted by Crippen LogP contribution is 2.30. The maximum absolute atomic E-state index is 6.20. The van der Waals surface area contributed by atoms with Crippen molar-refractivity contribution in [1.82, 2.24) is 9.38 Å². The molecule has 4 nitrogen and oxygen atoms in total. The number of aromatic nitrogens is 2. The molecule has 2 atom stereocenters. The lowest BCUT2D eigenvalue weighted by atomic mass is 10.0. The van der Waals surface area contributed by atoms with Gasteiger partial charge >= 0.3 is 0 Å². The molecular weight excluding hydrogens is 268 g/mol. The Morgan fingerprint density at radius 1 is 1.50 bits per heavy atom. The maximum Gasteiger partial charge on any atom is 0.195 e. The van der Waals surface area contributed by atoms with Gasteiger partial charge in [0.2, 0.25) is 0 Å². The van der Waals surface area contributed by atoms with Gasteiger partial charge in [-0.15, -0.1) is 11.3 Å². The second-order valence-corrected chi connectivity index (χ2v) is 6.72. The van der Waals surface area contributed by atoms with Crippen LogP contribution in [0.5, 0.6) is 0 Å². The van der Waals surface area contributed by atoms with Crippen molar-refractivity contribution >= 4 is 22.1 Å². The first kappa shape index (κ1) is 13.9. The van der Waals surface area contributed by atoms with Gasteiger partial charge in [-0.3, -0.25) is 4.40 Å². The zero-order valence-electron chi connectivity index (χ0n) is 12.4. The van der Waals surface area contributed by atoms with Crippen LogP contribution in [0.25, 0.3) is 4.96 Å². The number of hydrogen-bond donors (Lipinski definition) is 1. The number of hydrogen-bond acceptors (Lipinski definition) is 4. The van der Waals surface area contributed by atoms with Gasteiger partial charge in [0.15, 0.2) is 10.8 Å². The summed E-state index contributed by atoms with van der Waals surface area (Å²) in [4.78, 5) is 8.47. The molecule has 1 fully saturated rings. The Morgan fingerprint density at radius 3 is 3.10 bits per heavy atom. The van der Waals surface area contributed by atoms with E-state index in [-0.39, 0.29) is 6.04 Å². The van der Waals surface area contributed by atoms with Crippen molar-refractivity contribution in [3.8, 4) is 0 Å². The lowest BCUT2D eigenvalue weighted by molar-refractivity contribution is 0.479. The number of nitrogens with zero attached hydrogens (tertiary/aromatic N) is 3. The van der Waals surface area contributed by atoms with Crippen molar-refractivity contribution in [3.05, 3.63) is 17.3 Å². The molecule has 1 aliphatic rings. The van der Waals surface area contributed by atoms with E-state index in [1.54, 1.807) is 11.3 Å². The molecule has 1 saturated heterocycles. The molecule has 5 heteroatoms. The van der Waals surface area contributed by atoms with E-state index in [1.165, 1.54) is 30.8 Å². The van der Waals surface area contributed by atoms with Gasteiger partial charge in [0.1, 0.15) is 0 Å². The van der Waals surface area contributed by atoms with E-state index < -0.39 is 0 Å². The Morgan fingerprint density at radius 2 is 2.35 bits per heavy atom. The third-order valence-electron chi connectivity index (χ3n) is 4.39. The van der Waals surface area contributed by atoms with Gasteiger partial charge in [0.05, 0.1) is 5.69 Å². The van der Waals surface area contributed by atoms with Gasteiger partial charge < -0.3 is 10.6 Å². The van der Waals surface area contributed by atoms with E-state index >= 15 is 0 Å². The average molecular weight is 292 g/mol. The molecule has 110 valence electrons. The molecule has 0 amide bonds. The Hall–Kier alpha value is -1.07. The predicted molar refractivity (Wildman–Crippen MR) is 85.7 cm³/mol. The van der Waals surface area contributed by atoms with Crippen LogP contribution in [0.15, 0.2) is 11.6 Å². The molecule has 0 spiro atoms. The predicted octanol–water partition coefficient (Wildman–Crippen LogP) is 3.05. The zero-order valence-corrected chi connectivity index (χ0v) is 13.2. The monoisotopic (exact) mass is 292 g/mol. The van der Waals surface area contributed by atoms with Crippen LogP contribution in [0.3, 0.4) is 0 Å². The van der Waals surface area contributed by atoms with Gasteiger partial charge in [0.25, 0.3) is 0 Å². The topological polar surface area (TPSA) is 46.6 Å². The number of rotatable bonds is 4. The van der Waals surface area contributed by atoms with Crippen LogP contribution in [0, 0.1) is 0 Å². The summed E-state index contributed by atoms with van der Waals surface area (Å²) in [5.74, 6) is 1.17. The fraction of sp³-hybridized carbons (Fsp3) is 0.667. The SMILES string of the molecule is CCC(N)Cc1c(N2CCCCC2C)nc2sccn12. The Bertz CT molecular complexity index is 573. The molecule has 2 aromatic heterocycles. The van der Waals surface area contributed by atoms with Crippen LogP contribution in [0.4, 0.5) is 5.82 Å². The molecule has 0 aromatic carbocycles. The fourth-order valence-electron chi connectivity index (χ4n) is 3.05. The molecule has 0 aliphatic carbocycles. The van der Waals surface area contributed by atoms with Crippen LogP contribution in [0.2, 0.25) is 0 Å². The number of fused-ring (bicyclic) bond motifs is 1. The molecule has 2 aromatic rings. The first-order valence-corrected chi connectivity index (χ1v) is 8.55. The highest BCUT2D eigenvalue weighted by Gasteiger charge is 2.25. The Kier molecular flexibility index (Phi) is 3.98. The number of imidazole rings is 1. The fourth-order valence-corrected chi connectivity index (χ4v) is 3.77. The number of anilines is 1. The first-order valence-electron chi connectivity index (χ1n) is 7.67. The third-order valence-corrected chi connectivity index (χ3v) is 5.15. The lowest BCUT2D eigenvalue weighted by Crippen LogP contribution is -2.38. The Labute approximate surface area is 124 Å². The van der Waals surface area contributed by atoms with Crippen LogP contribution in [-0.4, -0.2) is 28.0 Å². The van der Waals surface area contributed by atoms with Crippen molar-refractivity contribution in [2.75, 3.05) is 11.4 Å². The molecule has 0 bridgehead atoms. The van der Waals surface area contributed by atoms with Crippen LogP contribution in [-0.2, 0) is 6.42 Å².